The predicted molar refractivity (Wildman–Crippen MR) is 74.0 cm³/mol. The van der Waals surface area contributed by atoms with E-state index in [2.05, 4.69) is 29.4 Å². The van der Waals surface area contributed by atoms with Crippen molar-refractivity contribution in [2.45, 2.75) is 19.9 Å². The Morgan fingerprint density at radius 2 is 2.06 bits per heavy atom. The van der Waals surface area contributed by atoms with Gasteiger partial charge in [0, 0.05) is 17.0 Å². The minimum absolute atomic E-state index is 0.636. The third-order valence-electron chi connectivity index (χ3n) is 2.47. The molecule has 3 N–H and O–H groups in total. The van der Waals surface area contributed by atoms with Crippen molar-refractivity contribution in [1.82, 2.24) is 10.3 Å². The molecule has 0 amide bonds. The highest BCUT2D eigenvalue weighted by Crippen LogP contribution is 2.29. The number of nitrogen functional groups attached to an aromatic ring is 1. The summed E-state index contributed by atoms with van der Waals surface area (Å²) in [6.45, 7) is 4.02. The third-order valence-corrected chi connectivity index (χ3v) is 3.36. The zero-order chi connectivity index (χ0) is 12.1. The summed E-state index contributed by atoms with van der Waals surface area (Å²) in [4.78, 5) is 5.63. The van der Waals surface area contributed by atoms with E-state index in [-0.39, 0.29) is 0 Å². The number of anilines is 1. The molecule has 0 atom stereocenters. The van der Waals surface area contributed by atoms with Gasteiger partial charge in [-0.15, -0.1) is 11.3 Å². The minimum Gasteiger partial charge on any atom is -0.375 e. The Morgan fingerprint density at radius 3 is 2.76 bits per heavy atom. The Labute approximate surface area is 106 Å². The highest BCUT2D eigenvalue weighted by Gasteiger charge is 2.10. The molecule has 0 aliphatic carbocycles. The number of thiazole rings is 1. The van der Waals surface area contributed by atoms with Crippen molar-refractivity contribution in [1.29, 1.82) is 0 Å². The lowest BCUT2D eigenvalue weighted by molar-refractivity contribution is 0.681. The van der Waals surface area contributed by atoms with Crippen LogP contribution in [-0.4, -0.2) is 11.5 Å². The molecule has 0 aliphatic heterocycles. The first kappa shape index (κ1) is 12.1. The van der Waals surface area contributed by atoms with Gasteiger partial charge in [-0.3, -0.25) is 0 Å². The van der Waals surface area contributed by atoms with Gasteiger partial charge in [0.15, 0.2) is 5.13 Å². The molecule has 0 saturated carbocycles. The molecule has 1 heterocycles. The molecule has 2 aromatic rings. The molecule has 1 aromatic carbocycles. The highest BCUT2D eigenvalue weighted by molar-refractivity contribution is 7.15. The summed E-state index contributed by atoms with van der Waals surface area (Å²) in [6, 6.07) is 10.2. The fraction of sp³-hybridized carbons (Fsp3) is 0.308. The molecular weight excluding hydrogens is 230 g/mol. The fourth-order valence-corrected chi connectivity index (χ4v) is 2.51. The summed E-state index contributed by atoms with van der Waals surface area (Å²) < 4.78 is 0. The molecule has 17 heavy (non-hydrogen) atoms. The highest BCUT2D eigenvalue weighted by atomic mass is 32.1. The van der Waals surface area contributed by atoms with E-state index in [0.29, 0.717) is 5.13 Å². The molecule has 0 spiro atoms. The van der Waals surface area contributed by atoms with Gasteiger partial charge in [0.2, 0.25) is 0 Å². The second-order valence-corrected chi connectivity index (χ2v) is 4.98. The number of nitrogens with zero attached hydrogens (tertiary/aromatic N) is 1. The standard InChI is InChI=1S/C13H17N3S/c1-2-8-15-9-11-12(16-13(14)17-11)10-6-4-3-5-7-10/h3-7,15H,2,8-9H2,1H3,(H2,14,16). The van der Waals surface area contributed by atoms with E-state index in [1.807, 2.05) is 18.2 Å². The smallest absolute Gasteiger partial charge is 0.180 e. The summed E-state index contributed by atoms with van der Waals surface area (Å²) >= 11 is 1.56. The zero-order valence-corrected chi connectivity index (χ0v) is 10.8. The monoisotopic (exact) mass is 247 g/mol. The number of hydrogen-bond acceptors (Lipinski definition) is 4. The Kier molecular flexibility index (Phi) is 4.12. The SMILES string of the molecule is CCCNCc1sc(N)nc1-c1ccccc1. The van der Waals surface area contributed by atoms with Crippen LogP contribution < -0.4 is 11.1 Å². The molecular formula is C13H17N3S. The molecule has 2 rings (SSSR count). The number of rotatable bonds is 5. The molecule has 0 saturated heterocycles. The molecule has 0 radical (unpaired) electrons. The topological polar surface area (TPSA) is 50.9 Å². The van der Waals surface area contributed by atoms with Crippen LogP contribution in [0.2, 0.25) is 0 Å². The van der Waals surface area contributed by atoms with Crippen LogP contribution in [-0.2, 0) is 6.54 Å². The van der Waals surface area contributed by atoms with E-state index in [1.165, 1.54) is 4.88 Å². The molecule has 0 fully saturated rings. The van der Waals surface area contributed by atoms with Crippen LogP contribution >= 0.6 is 11.3 Å². The Hall–Kier alpha value is -1.39. The molecule has 0 unspecified atom stereocenters. The second-order valence-electron chi connectivity index (χ2n) is 3.87. The largest absolute Gasteiger partial charge is 0.375 e. The molecule has 0 bridgehead atoms. The quantitative estimate of drug-likeness (QED) is 0.799. The minimum atomic E-state index is 0.636. The summed E-state index contributed by atoms with van der Waals surface area (Å²) in [5.41, 5.74) is 7.94. The van der Waals surface area contributed by atoms with Crippen LogP contribution in [0.5, 0.6) is 0 Å². The first-order valence-corrected chi connectivity index (χ1v) is 6.64. The second kappa shape index (κ2) is 5.80. The lowest BCUT2D eigenvalue weighted by Crippen LogP contribution is -2.13. The van der Waals surface area contributed by atoms with E-state index in [1.54, 1.807) is 11.3 Å². The van der Waals surface area contributed by atoms with Gasteiger partial charge in [-0.25, -0.2) is 4.98 Å². The van der Waals surface area contributed by atoms with Crippen molar-refractivity contribution in [2.75, 3.05) is 12.3 Å². The van der Waals surface area contributed by atoms with E-state index in [9.17, 15) is 0 Å². The average molecular weight is 247 g/mol. The van der Waals surface area contributed by atoms with Crippen LogP contribution in [0.1, 0.15) is 18.2 Å². The van der Waals surface area contributed by atoms with E-state index < -0.39 is 0 Å². The first-order chi connectivity index (χ1) is 8.31. The summed E-state index contributed by atoms with van der Waals surface area (Å²) in [6.07, 6.45) is 1.13. The normalized spacial score (nSPS) is 10.6. The number of nitrogens with two attached hydrogens (primary N) is 1. The zero-order valence-electron chi connectivity index (χ0n) is 9.94. The summed E-state index contributed by atoms with van der Waals surface area (Å²) in [5.74, 6) is 0. The van der Waals surface area contributed by atoms with Crippen LogP contribution in [0.15, 0.2) is 30.3 Å². The van der Waals surface area contributed by atoms with Crippen LogP contribution in [0.25, 0.3) is 11.3 Å². The Morgan fingerprint density at radius 1 is 1.29 bits per heavy atom. The molecule has 3 nitrogen and oxygen atoms in total. The number of nitrogens with one attached hydrogen (secondary N) is 1. The molecule has 4 heteroatoms. The van der Waals surface area contributed by atoms with Crippen LogP contribution in [0.4, 0.5) is 5.13 Å². The summed E-state index contributed by atoms with van der Waals surface area (Å²) in [5, 5.41) is 4.03. The van der Waals surface area contributed by atoms with E-state index in [0.717, 1.165) is 30.8 Å². The van der Waals surface area contributed by atoms with Gasteiger partial charge >= 0.3 is 0 Å². The lowest BCUT2D eigenvalue weighted by Gasteiger charge is -2.03. The van der Waals surface area contributed by atoms with Crippen molar-refractivity contribution in [3.63, 3.8) is 0 Å². The number of benzene rings is 1. The molecule has 90 valence electrons. The fourth-order valence-electron chi connectivity index (χ4n) is 1.69. The van der Waals surface area contributed by atoms with Crippen molar-refractivity contribution < 1.29 is 0 Å². The maximum Gasteiger partial charge on any atom is 0.180 e. The van der Waals surface area contributed by atoms with Gasteiger partial charge in [0.05, 0.1) is 5.69 Å². The van der Waals surface area contributed by atoms with Gasteiger partial charge in [-0.1, -0.05) is 37.3 Å². The van der Waals surface area contributed by atoms with Crippen molar-refractivity contribution in [3.05, 3.63) is 35.2 Å². The molecule has 0 aliphatic rings. The van der Waals surface area contributed by atoms with Gasteiger partial charge in [0.25, 0.3) is 0 Å². The van der Waals surface area contributed by atoms with Gasteiger partial charge < -0.3 is 11.1 Å². The van der Waals surface area contributed by atoms with Crippen molar-refractivity contribution in [2.24, 2.45) is 0 Å². The van der Waals surface area contributed by atoms with Crippen LogP contribution in [0, 0.1) is 0 Å². The Bertz CT molecular complexity index is 465. The van der Waals surface area contributed by atoms with Gasteiger partial charge in [-0.2, -0.15) is 0 Å². The van der Waals surface area contributed by atoms with E-state index in [4.69, 9.17) is 5.73 Å². The maximum absolute atomic E-state index is 5.80. The average Bonchev–Trinajstić information content (AvgIpc) is 2.72. The van der Waals surface area contributed by atoms with Crippen LogP contribution in [0.3, 0.4) is 0 Å². The summed E-state index contributed by atoms with van der Waals surface area (Å²) in [7, 11) is 0. The third kappa shape index (κ3) is 3.05. The number of hydrogen-bond donors (Lipinski definition) is 2. The Balaban J connectivity index is 2.22. The molecule has 1 aromatic heterocycles. The van der Waals surface area contributed by atoms with Gasteiger partial charge in [-0.05, 0) is 13.0 Å². The van der Waals surface area contributed by atoms with Crippen molar-refractivity contribution in [3.8, 4) is 11.3 Å². The lowest BCUT2D eigenvalue weighted by atomic mass is 10.1. The predicted octanol–water partition coefficient (Wildman–Crippen LogP) is 2.89. The van der Waals surface area contributed by atoms with E-state index >= 15 is 0 Å². The van der Waals surface area contributed by atoms with Gasteiger partial charge in [0.1, 0.15) is 0 Å². The number of aromatic nitrogens is 1. The first-order valence-electron chi connectivity index (χ1n) is 5.82. The van der Waals surface area contributed by atoms with Crippen molar-refractivity contribution >= 4 is 16.5 Å². The maximum atomic E-state index is 5.80.